The Morgan fingerprint density at radius 1 is 1.43 bits per heavy atom. The third kappa shape index (κ3) is 2.08. The molecule has 14 heavy (non-hydrogen) atoms. The maximum absolute atomic E-state index is 5.91. The van der Waals surface area contributed by atoms with Gasteiger partial charge in [0.05, 0.1) is 6.61 Å². The highest BCUT2D eigenvalue weighted by molar-refractivity contribution is 14.1. The zero-order chi connectivity index (χ0) is 10.2. The monoisotopic (exact) mass is 310 g/mol. The largest absolute Gasteiger partial charge is 0.370 e. The predicted molar refractivity (Wildman–Crippen MR) is 65.6 cm³/mol. The van der Waals surface area contributed by atoms with Crippen molar-refractivity contribution in [3.63, 3.8) is 0 Å². The molecule has 2 fully saturated rings. The van der Waals surface area contributed by atoms with E-state index in [4.69, 9.17) is 4.74 Å². The van der Waals surface area contributed by atoms with E-state index in [1.807, 2.05) is 0 Å². The second-order valence-electron chi connectivity index (χ2n) is 4.54. The number of hydrogen-bond donors (Lipinski definition) is 0. The molecule has 1 unspecified atom stereocenters. The molecule has 2 heterocycles. The van der Waals surface area contributed by atoms with Crippen molar-refractivity contribution in [1.29, 1.82) is 0 Å². The van der Waals surface area contributed by atoms with Gasteiger partial charge in [-0.2, -0.15) is 0 Å². The summed E-state index contributed by atoms with van der Waals surface area (Å²) >= 11 is 2.41. The van der Waals surface area contributed by atoms with Gasteiger partial charge in [0.25, 0.3) is 0 Å². The zero-order valence-electron chi connectivity index (χ0n) is 9.00. The van der Waals surface area contributed by atoms with Crippen molar-refractivity contribution in [3.8, 4) is 0 Å². The van der Waals surface area contributed by atoms with Crippen molar-refractivity contribution >= 4 is 22.9 Å². The van der Waals surface area contributed by atoms with Gasteiger partial charge in [-0.1, -0.05) is 6.92 Å². The predicted octanol–water partition coefficient (Wildman–Crippen LogP) is 1.52. The van der Waals surface area contributed by atoms with E-state index < -0.39 is 0 Å². The summed E-state index contributed by atoms with van der Waals surface area (Å²) in [6, 6.07) is 0.716. The molecule has 0 bridgehead atoms. The van der Waals surface area contributed by atoms with Crippen LogP contribution in [-0.2, 0) is 4.74 Å². The lowest BCUT2D eigenvalue weighted by atomic mass is 9.90. The Bertz CT molecular complexity index is 206. The number of halogens is 1. The number of rotatable bonds is 2. The Hall–Kier alpha value is 0.610. The molecule has 2 aliphatic heterocycles. The van der Waals surface area contributed by atoms with E-state index in [1.165, 1.54) is 6.42 Å². The summed E-state index contributed by atoms with van der Waals surface area (Å²) in [5, 5.41) is 0. The molecule has 0 aromatic rings. The molecule has 82 valence electrons. The van der Waals surface area contributed by atoms with Gasteiger partial charge in [0.2, 0.25) is 0 Å². The molecule has 0 N–H and O–H groups in total. The lowest BCUT2D eigenvalue weighted by Gasteiger charge is -2.54. The van der Waals surface area contributed by atoms with Gasteiger partial charge in [0.1, 0.15) is 5.60 Å². The molecule has 0 radical (unpaired) electrons. The third-order valence-electron chi connectivity index (χ3n) is 3.40. The summed E-state index contributed by atoms with van der Waals surface area (Å²) in [4.78, 5) is 2.52. The number of morpholine rings is 1. The van der Waals surface area contributed by atoms with Crippen LogP contribution < -0.4 is 0 Å². The summed E-state index contributed by atoms with van der Waals surface area (Å²) in [6.45, 7) is 9.88. The van der Waals surface area contributed by atoms with Gasteiger partial charge in [-0.25, -0.2) is 3.11 Å². The molecule has 0 amide bonds. The van der Waals surface area contributed by atoms with Crippen molar-refractivity contribution in [3.05, 3.63) is 0 Å². The van der Waals surface area contributed by atoms with E-state index in [0.29, 0.717) is 6.04 Å². The van der Waals surface area contributed by atoms with Crippen LogP contribution in [0.25, 0.3) is 0 Å². The van der Waals surface area contributed by atoms with Crippen molar-refractivity contribution in [1.82, 2.24) is 8.01 Å². The van der Waals surface area contributed by atoms with E-state index in [0.717, 1.165) is 32.8 Å². The number of likely N-dealkylation sites (tertiary alicyclic amines) is 1. The maximum Gasteiger partial charge on any atom is 0.107 e. The van der Waals surface area contributed by atoms with Crippen LogP contribution in [0.1, 0.15) is 20.3 Å². The highest BCUT2D eigenvalue weighted by atomic mass is 127. The van der Waals surface area contributed by atoms with Crippen LogP contribution in [0.5, 0.6) is 0 Å². The smallest absolute Gasteiger partial charge is 0.107 e. The summed E-state index contributed by atoms with van der Waals surface area (Å²) in [7, 11) is 0. The van der Waals surface area contributed by atoms with E-state index >= 15 is 0 Å². The Morgan fingerprint density at radius 2 is 2.14 bits per heavy atom. The summed E-state index contributed by atoms with van der Waals surface area (Å²) in [5.74, 6) is 0. The Labute approximate surface area is 100 Å². The van der Waals surface area contributed by atoms with Crippen molar-refractivity contribution in [2.75, 3.05) is 32.8 Å². The quantitative estimate of drug-likeness (QED) is 0.568. The Balaban J connectivity index is 1.85. The fourth-order valence-electron chi connectivity index (χ4n) is 2.25. The summed E-state index contributed by atoms with van der Waals surface area (Å²) < 4.78 is 8.26. The zero-order valence-corrected chi connectivity index (χ0v) is 11.2. The number of hydrogen-bond acceptors (Lipinski definition) is 3. The second-order valence-corrected chi connectivity index (χ2v) is 5.90. The SMILES string of the molecule is CCC(C)N1CC2(CN(I)CCO2)C1. The minimum absolute atomic E-state index is 0.170. The van der Waals surface area contributed by atoms with Gasteiger partial charge in [0, 0.05) is 55.1 Å². The van der Waals surface area contributed by atoms with Crippen LogP contribution in [0, 0.1) is 0 Å². The van der Waals surface area contributed by atoms with Crippen LogP contribution >= 0.6 is 22.9 Å². The molecule has 0 aromatic carbocycles. The second kappa shape index (κ2) is 4.23. The average molecular weight is 310 g/mol. The Morgan fingerprint density at radius 3 is 2.71 bits per heavy atom. The van der Waals surface area contributed by atoms with Crippen LogP contribution in [0.2, 0.25) is 0 Å². The lowest BCUT2D eigenvalue weighted by molar-refractivity contribution is -0.176. The first-order chi connectivity index (χ1) is 6.65. The minimum Gasteiger partial charge on any atom is -0.370 e. The minimum atomic E-state index is 0.170. The molecule has 0 aromatic heterocycles. The van der Waals surface area contributed by atoms with Gasteiger partial charge in [-0.15, -0.1) is 0 Å². The lowest BCUT2D eigenvalue weighted by Crippen LogP contribution is -2.70. The normalized spacial score (nSPS) is 30.2. The topological polar surface area (TPSA) is 15.7 Å². The third-order valence-corrected chi connectivity index (χ3v) is 4.22. The standard InChI is InChI=1S/C10H19IN2O/c1-3-9(2)12-6-10(7-12)8-13(11)4-5-14-10/h9H,3-8H2,1-2H3. The van der Waals surface area contributed by atoms with Crippen LogP contribution in [0.4, 0.5) is 0 Å². The van der Waals surface area contributed by atoms with E-state index in [2.05, 4.69) is 44.7 Å². The molecular weight excluding hydrogens is 291 g/mol. The molecule has 0 saturated carbocycles. The van der Waals surface area contributed by atoms with Crippen molar-refractivity contribution in [2.45, 2.75) is 31.9 Å². The summed E-state index contributed by atoms with van der Waals surface area (Å²) in [5.41, 5.74) is 0.170. The van der Waals surface area contributed by atoms with Crippen molar-refractivity contribution in [2.24, 2.45) is 0 Å². The molecule has 3 nitrogen and oxygen atoms in total. The van der Waals surface area contributed by atoms with Gasteiger partial charge in [-0.3, -0.25) is 4.90 Å². The number of nitrogens with zero attached hydrogens (tertiary/aromatic N) is 2. The van der Waals surface area contributed by atoms with Gasteiger partial charge in [0.15, 0.2) is 0 Å². The van der Waals surface area contributed by atoms with Crippen LogP contribution in [-0.4, -0.2) is 52.4 Å². The molecule has 1 spiro atoms. The van der Waals surface area contributed by atoms with Gasteiger partial charge >= 0.3 is 0 Å². The van der Waals surface area contributed by atoms with Gasteiger partial charge in [-0.05, 0) is 13.3 Å². The van der Waals surface area contributed by atoms with Crippen LogP contribution in [0.3, 0.4) is 0 Å². The van der Waals surface area contributed by atoms with E-state index in [-0.39, 0.29) is 5.60 Å². The fraction of sp³-hybridized carbons (Fsp3) is 1.00. The Kier molecular flexibility index (Phi) is 3.36. The molecule has 2 aliphatic rings. The van der Waals surface area contributed by atoms with Gasteiger partial charge < -0.3 is 4.74 Å². The first-order valence-electron chi connectivity index (χ1n) is 5.44. The van der Waals surface area contributed by atoms with E-state index in [1.54, 1.807) is 0 Å². The fourth-order valence-corrected chi connectivity index (χ4v) is 3.07. The maximum atomic E-state index is 5.91. The summed E-state index contributed by atoms with van der Waals surface area (Å²) in [6.07, 6.45) is 1.24. The first-order valence-corrected chi connectivity index (χ1v) is 6.40. The van der Waals surface area contributed by atoms with E-state index in [9.17, 15) is 0 Å². The molecule has 4 heteroatoms. The van der Waals surface area contributed by atoms with Crippen molar-refractivity contribution < 1.29 is 4.74 Å². The molecule has 1 atom stereocenters. The molecular formula is C10H19IN2O. The molecule has 2 rings (SSSR count). The van der Waals surface area contributed by atoms with Crippen LogP contribution in [0.15, 0.2) is 0 Å². The average Bonchev–Trinajstić information content (AvgIpc) is 2.13. The highest BCUT2D eigenvalue weighted by Crippen LogP contribution is 2.32. The highest BCUT2D eigenvalue weighted by Gasteiger charge is 2.47. The molecule has 2 saturated heterocycles. The number of ether oxygens (including phenoxy) is 1. The first kappa shape index (κ1) is 11.1. The molecule has 0 aliphatic carbocycles.